The lowest BCUT2D eigenvalue weighted by Crippen LogP contribution is -2.57. The predicted octanol–water partition coefficient (Wildman–Crippen LogP) is 3.64. The van der Waals surface area contributed by atoms with Crippen LogP contribution in [0.5, 0.6) is 5.88 Å². The van der Waals surface area contributed by atoms with Crippen molar-refractivity contribution in [2.75, 3.05) is 25.5 Å². The van der Waals surface area contributed by atoms with Gasteiger partial charge in [-0.1, -0.05) is 11.6 Å². The number of nitriles is 1. The van der Waals surface area contributed by atoms with Gasteiger partial charge >= 0.3 is 6.09 Å². The molecule has 0 bridgehead atoms. The van der Waals surface area contributed by atoms with Gasteiger partial charge in [0.1, 0.15) is 17.4 Å². The normalized spacial score (nSPS) is 13.1. The minimum absolute atomic E-state index is 0.00535. The highest BCUT2D eigenvalue weighted by molar-refractivity contribution is 6.32. The zero-order chi connectivity index (χ0) is 29.9. The minimum Gasteiger partial charge on any atom is -0.469 e. The van der Waals surface area contributed by atoms with Gasteiger partial charge in [-0.05, 0) is 57.5 Å². The highest BCUT2D eigenvalue weighted by Crippen LogP contribution is 2.28. The number of hydrogen-bond donors (Lipinski definition) is 2. The molecule has 0 spiro atoms. The molecule has 3 aromatic rings. The van der Waals surface area contributed by atoms with E-state index in [-0.39, 0.29) is 58.4 Å². The fourth-order valence-electron chi connectivity index (χ4n) is 3.95. The van der Waals surface area contributed by atoms with Gasteiger partial charge < -0.3 is 19.7 Å². The number of likely N-dealkylation sites (tertiary alicyclic amines) is 1. The molecule has 2 N–H and O–H groups in total. The van der Waals surface area contributed by atoms with Crippen molar-refractivity contribution in [1.82, 2.24) is 25.1 Å². The molecule has 2 aromatic heterocycles. The summed E-state index contributed by atoms with van der Waals surface area (Å²) >= 11 is 6.36. The van der Waals surface area contributed by atoms with Crippen molar-refractivity contribution < 1.29 is 28.7 Å². The second kappa shape index (κ2) is 11.8. The third-order valence-electron chi connectivity index (χ3n) is 5.79. The first-order chi connectivity index (χ1) is 19.4. The molecule has 0 aliphatic carbocycles. The van der Waals surface area contributed by atoms with Crippen LogP contribution in [0.2, 0.25) is 5.02 Å². The van der Waals surface area contributed by atoms with Crippen molar-refractivity contribution in [3.8, 4) is 17.8 Å². The molecule has 3 heterocycles. The molecule has 0 atom stereocenters. The molecule has 0 saturated carbocycles. The van der Waals surface area contributed by atoms with Crippen LogP contribution in [-0.4, -0.2) is 69.5 Å². The predicted molar refractivity (Wildman–Crippen MR) is 147 cm³/mol. The van der Waals surface area contributed by atoms with Crippen LogP contribution >= 0.6 is 11.6 Å². The van der Waals surface area contributed by atoms with Gasteiger partial charge in [0.25, 0.3) is 11.8 Å². The van der Waals surface area contributed by atoms with Gasteiger partial charge in [0, 0.05) is 12.3 Å². The molecule has 3 amide bonds. The number of anilines is 1. The molecule has 41 heavy (non-hydrogen) atoms. The number of aromatic nitrogens is 3. The first-order valence-corrected chi connectivity index (χ1v) is 12.8. The Morgan fingerprint density at radius 1 is 1.17 bits per heavy atom. The van der Waals surface area contributed by atoms with Crippen LogP contribution in [0.25, 0.3) is 5.82 Å². The van der Waals surface area contributed by atoms with E-state index in [4.69, 9.17) is 25.9 Å². The lowest BCUT2D eigenvalue weighted by Gasteiger charge is -2.38. The molecule has 1 saturated heterocycles. The van der Waals surface area contributed by atoms with E-state index in [1.165, 1.54) is 41.1 Å². The monoisotopic (exact) mass is 581 g/mol. The topological polar surface area (TPSA) is 161 Å². The number of ether oxygens (including phenoxy) is 2. The molecule has 0 unspecified atom stereocenters. The average molecular weight is 582 g/mol. The molecule has 4 rings (SSSR count). The number of amides is 3. The summed E-state index contributed by atoms with van der Waals surface area (Å²) in [6.45, 7) is 7.55. The summed E-state index contributed by atoms with van der Waals surface area (Å²) < 4.78 is 12.5. The second-order valence-corrected chi connectivity index (χ2v) is 10.5. The summed E-state index contributed by atoms with van der Waals surface area (Å²) in [5, 5.41) is 16.7. The second-order valence-electron chi connectivity index (χ2n) is 10.1. The molecular formula is C27H28ClN7O6. The first-order valence-electron chi connectivity index (χ1n) is 12.4. The maximum atomic E-state index is 13.6. The number of aryl methyl sites for hydroxylation is 1. The van der Waals surface area contributed by atoms with Crippen LogP contribution in [0, 0.1) is 18.3 Å². The number of nitrogens with zero attached hydrogens (tertiary/aromatic N) is 5. The minimum atomic E-state index is -0.659. The van der Waals surface area contributed by atoms with E-state index >= 15 is 0 Å². The number of rotatable bonds is 7. The number of carbonyl (C=O) groups is 3. The number of benzene rings is 1. The Bertz CT molecular complexity index is 1540. The lowest BCUT2D eigenvalue weighted by atomic mass is 10.0. The lowest BCUT2D eigenvalue weighted by molar-refractivity contribution is -0.0233. The summed E-state index contributed by atoms with van der Waals surface area (Å²) in [7, 11) is 1.27. The molecule has 14 heteroatoms. The maximum Gasteiger partial charge on any atom is 0.410 e. The summed E-state index contributed by atoms with van der Waals surface area (Å²) in [5.41, 5.74) is 2.46. The van der Waals surface area contributed by atoms with Crippen LogP contribution in [0.3, 0.4) is 0 Å². The van der Waals surface area contributed by atoms with Crippen LogP contribution in [0.1, 0.15) is 52.7 Å². The highest BCUT2D eigenvalue weighted by Gasteiger charge is 2.36. The van der Waals surface area contributed by atoms with Crippen LogP contribution in [0.15, 0.2) is 36.5 Å². The largest absolute Gasteiger partial charge is 0.469 e. The summed E-state index contributed by atoms with van der Waals surface area (Å²) in [5.74, 6) is -1.04. The SMILES string of the molecule is CONC(=O)c1cc(C#N)cc(C)c1NC(=O)c1cc(OC2CN(C(=O)OC(C)(C)C)C2)nn1-c1ncccc1Cl. The van der Waals surface area contributed by atoms with Gasteiger partial charge in [0.15, 0.2) is 5.82 Å². The molecule has 1 aliphatic heterocycles. The fraction of sp³-hybridized carbons (Fsp3) is 0.333. The summed E-state index contributed by atoms with van der Waals surface area (Å²) in [6, 6.07) is 9.49. The van der Waals surface area contributed by atoms with E-state index in [2.05, 4.69) is 20.9 Å². The van der Waals surface area contributed by atoms with Crippen LogP contribution in [0.4, 0.5) is 10.5 Å². The van der Waals surface area contributed by atoms with Gasteiger partial charge in [0.2, 0.25) is 5.88 Å². The zero-order valence-corrected chi connectivity index (χ0v) is 23.8. The smallest absolute Gasteiger partial charge is 0.410 e. The molecule has 1 aromatic carbocycles. The standard InChI is InChI=1S/C27H28ClN7O6/c1-15-9-16(12-29)10-18(24(36)33-39-5)22(15)31-25(37)20-11-21(32-35(20)23-19(28)7-6-8-30-23)40-17-13-34(14-17)26(38)41-27(2,3)4/h6-11,17H,13-14H2,1-5H3,(H,31,37)(H,33,36). The third-order valence-corrected chi connectivity index (χ3v) is 6.08. The van der Waals surface area contributed by atoms with E-state index < -0.39 is 23.5 Å². The summed E-state index contributed by atoms with van der Waals surface area (Å²) in [4.78, 5) is 49.0. The number of pyridine rings is 1. The van der Waals surface area contributed by atoms with Crippen molar-refractivity contribution in [2.24, 2.45) is 0 Å². The number of carbonyl (C=O) groups excluding carboxylic acids is 3. The third kappa shape index (κ3) is 6.74. The Labute approximate surface area is 240 Å². The van der Waals surface area contributed by atoms with Gasteiger partial charge in [-0.2, -0.15) is 5.26 Å². The molecule has 0 radical (unpaired) electrons. The Kier molecular flexibility index (Phi) is 8.46. The van der Waals surface area contributed by atoms with Crippen molar-refractivity contribution in [1.29, 1.82) is 5.26 Å². The van der Waals surface area contributed by atoms with Crippen molar-refractivity contribution in [2.45, 2.75) is 39.4 Å². The quantitative estimate of drug-likeness (QED) is 0.397. The van der Waals surface area contributed by atoms with Gasteiger partial charge in [0.05, 0.1) is 48.1 Å². The van der Waals surface area contributed by atoms with E-state index in [0.29, 0.717) is 5.56 Å². The van der Waals surface area contributed by atoms with Crippen molar-refractivity contribution >= 4 is 35.2 Å². The number of hydroxylamine groups is 1. The van der Waals surface area contributed by atoms with E-state index in [1.54, 1.807) is 39.8 Å². The van der Waals surface area contributed by atoms with Crippen LogP contribution in [-0.2, 0) is 9.57 Å². The van der Waals surface area contributed by atoms with Gasteiger partial charge in [-0.3, -0.25) is 14.4 Å². The Morgan fingerprint density at radius 2 is 1.90 bits per heavy atom. The van der Waals surface area contributed by atoms with Crippen molar-refractivity contribution in [3.63, 3.8) is 0 Å². The zero-order valence-electron chi connectivity index (χ0n) is 23.0. The number of nitrogens with one attached hydrogen (secondary N) is 2. The van der Waals surface area contributed by atoms with E-state index in [0.717, 1.165) is 0 Å². The average Bonchev–Trinajstić information content (AvgIpc) is 3.30. The van der Waals surface area contributed by atoms with E-state index in [1.807, 2.05) is 6.07 Å². The van der Waals surface area contributed by atoms with E-state index in [9.17, 15) is 19.6 Å². The first kappa shape index (κ1) is 29.3. The van der Waals surface area contributed by atoms with Crippen LogP contribution < -0.4 is 15.5 Å². The highest BCUT2D eigenvalue weighted by atomic mass is 35.5. The molecule has 13 nitrogen and oxygen atoms in total. The van der Waals surface area contributed by atoms with Crippen molar-refractivity contribution in [3.05, 3.63) is 63.9 Å². The summed E-state index contributed by atoms with van der Waals surface area (Å²) in [6.07, 6.45) is 0.661. The van der Waals surface area contributed by atoms with Gasteiger partial charge in [-0.15, -0.1) is 5.10 Å². The number of halogens is 1. The molecule has 1 fully saturated rings. The van der Waals surface area contributed by atoms with Gasteiger partial charge in [-0.25, -0.2) is 19.9 Å². The Balaban J connectivity index is 1.62. The molecule has 1 aliphatic rings. The Morgan fingerprint density at radius 3 is 2.54 bits per heavy atom. The Hall–Kier alpha value is -4.67. The number of hydrogen-bond acceptors (Lipinski definition) is 9. The molecule has 214 valence electrons. The molecular weight excluding hydrogens is 554 g/mol. The fourth-order valence-corrected chi connectivity index (χ4v) is 4.16. The maximum absolute atomic E-state index is 13.6.